The molecule has 2 aliphatic heterocycles. The predicted molar refractivity (Wildman–Crippen MR) is 103 cm³/mol. The highest BCUT2D eigenvalue weighted by atomic mass is 32.2. The van der Waals surface area contributed by atoms with Crippen LogP contribution in [0.3, 0.4) is 0 Å². The van der Waals surface area contributed by atoms with Crippen molar-refractivity contribution in [2.24, 2.45) is 0 Å². The van der Waals surface area contributed by atoms with Gasteiger partial charge >= 0.3 is 6.18 Å². The molecule has 11 heteroatoms. The summed E-state index contributed by atoms with van der Waals surface area (Å²) in [6, 6.07) is 1.73. The van der Waals surface area contributed by atoms with Crippen LogP contribution in [0, 0.1) is 0 Å². The van der Waals surface area contributed by atoms with Gasteiger partial charge in [-0.3, -0.25) is 9.10 Å². The van der Waals surface area contributed by atoms with E-state index in [1.807, 2.05) is 6.26 Å². The second-order valence-electron chi connectivity index (χ2n) is 6.63. The van der Waals surface area contributed by atoms with Crippen LogP contribution in [0.1, 0.15) is 33.6 Å². The molecule has 2 aliphatic rings. The van der Waals surface area contributed by atoms with Crippen molar-refractivity contribution >= 4 is 35.1 Å². The van der Waals surface area contributed by atoms with Gasteiger partial charge in [0.1, 0.15) is 5.56 Å². The molecule has 4 heterocycles. The number of anilines is 1. The average molecular weight is 429 g/mol. The summed E-state index contributed by atoms with van der Waals surface area (Å²) >= 11 is 2.72. The zero-order valence-electron chi connectivity index (χ0n) is 15.0. The SMILES string of the molecule is CSN1CCC(Nc2ncc(C(F)(F)F)c(-c3cc4c(s3)C(=O)NC4)n2)CC1. The number of hydrogen-bond acceptors (Lipinski definition) is 7. The van der Waals surface area contributed by atoms with Gasteiger partial charge in [-0.15, -0.1) is 11.3 Å². The smallest absolute Gasteiger partial charge is 0.351 e. The van der Waals surface area contributed by atoms with Crippen molar-refractivity contribution in [3.8, 4) is 10.6 Å². The molecule has 0 radical (unpaired) electrons. The topological polar surface area (TPSA) is 70.2 Å². The third-order valence-corrected chi connectivity index (χ3v) is 6.89. The average Bonchev–Trinajstić information content (AvgIpc) is 3.24. The monoisotopic (exact) mass is 429 g/mol. The second kappa shape index (κ2) is 7.53. The van der Waals surface area contributed by atoms with Crippen LogP contribution in [-0.2, 0) is 12.7 Å². The number of nitrogens with zero attached hydrogens (tertiary/aromatic N) is 3. The zero-order valence-corrected chi connectivity index (χ0v) is 16.6. The van der Waals surface area contributed by atoms with Crippen LogP contribution < -0.4 is 10.6 Å². The summed E-state index contributed by atoms with van der Waals surface area (Å²) in [4.78, 5) is 20.7. The minimum atomic E-state index is -4.58. The number of halogens is 3. The molecule has 2 aromatic rings. The second-order valence-corrected chi connectivity index (χ2v) is 8.57. The molecule has 2 aromatic heterocycles. The third-order valence-electron chi connectivity index (χ3n) is 4.83. The number of carbonyl (C=O) groups excluding carboxylic acids is 1. The number of amides is 1. The van der Waals surface area contributed by atoms with Gasteiger partial charge in [0, 0.05) is 31.9 Å². The Balaban J connectivity index is 1.63. The molecule has 4 rings (SSSR count). The number of aromatic nitrogens is 2. The number of fused-ring (bicyclic) bond motifs is 1. The number of nitrogens with one attached hydrogen (secondary N) is 2. The lowest BCUT2D eigenvalue weighted by Crippen LogP contribution is -2.35. The lowest BCUT2D eigenvalue weighted by Gasteiger charge is -2.30. The summed E-state index contributed by atoms with van der Waals surface area (Å²) in [5.41, 5.74) is -0.370. The maximum atomic E-state index is 13.5. The highest BCUT2D eigenvalue weighted by Crippen LogP contribution is 2.40. The summed E-state index contributed by atoms with van der Waals surface area (Å²) in [5, 5.41) is 5.83. The Bertz CT molecular complexity index is 893. The van der Waals surface area contributed by atoms with Gasteiger partial charge in [0.15, 0.2) is 0 Å². The van der Waals surface area contributed by atoms with E-state index in [9.17, 15) is 18.0 Å². The zero-order chi connectivity index (χ0) is 19.9. The number of rotatable bonds is 4. The van der Waals surface area contributed by atoms with Gasteiger partial charge in [-0.2, -0.15) is 13.2 Å². The van der Waals surface area contributed by atoms with E-state index in [1.165, 1.54) is 0 Å². The molecule has 1 fully saturated rings. The largest absolute Gasteiger partial charge is 0.420 e. The van der Waals surface area contributed by atoms with Gasteiger partial charge in [-0.05, 0) is 30.7 Å². The molecular formula is C17H18F3N5OS2. The van der Waals surface area contributed by atoms with Gasteiger partial charge in [0.05, 0.1) is 15.4 Å². The van der Waals surface area contributed by atoms with Gasteiger partial charge in [-0.1, -0.05) is 11.9 Å². The van der Waals surface area contributed by atoms with Crippen LogP contribution >= 0.6 is 23.3 Å². The van der Waals surface area contributed by atoms with E-state index in [2.05, 4.69) is 24.9 Å². The molecule has 2 N–H and O–H groups in total. The fraction of sp³-hybridized carbons (Fsp3) is 0.471. The Morgan fingerprint density at radius 2 is 2.11 bits per heavy atom. The van der Waals surface area contributed by atoms with Gasteiger partial charge in [0.2, 0.25) is 5.95 Å². The molecule has 0 bridgehead atoms. The molecule has 28 heavy (non-hydrogen) atoms. The lowest BCUT2D eigenvalue weighted by molar-refractivity contribution is -0.137. The minimum absolute atomic E-state index is 0.118. The fourth-order valence-electron chi connectivity index (χ4n) is 3.34. The van der Waals surface area contributed by atoms with E-state index in [1.54, 1.807) is 18.0 Å². The van der Waals surface area contributed by atoms with E-state index < -0.39 is 11.7 Å². The van der Waals surface area contributed by atoms with Crippen molar-refractivity contribution in [3.05, 3.63) is 28.3 Å². The van der Waals surface area contributed by atoms with Crippen LogP contribution in [0.2, 0.25) is 0 Å². The highest BCUT2D eigenvalue weighted by molar-refractivity contribution is 7.96. The standard InChI is InChI=1S/C17H18F3N5OS2/c1-27-25-4-2-10(3-5-25)23-16-22-8-11(17(18,19)20)13(24-16)12-6-9-7-21-15(26)14(9)28-12/h6,8,10H,2-5,7H2,1H3,(H,21,26)(H,22,23,24). The Labute approximate surface area is 168 Å². The van der Waals surface area contributed by atoms with Crippen molar-refractivity contribution in [2.45, 2.75) is 31.6 Å². The van der Waals surface area contributed by atoms with Crippen LogP contribution in [-0.4, -0.2) is 45.6 Å². The van der Waals surface area contributed by atoms with Gasteiger partial charge < -0.3 is 10.6 Å². The first-order valence-corrected chi connectivity index (χ1v) is 10.8. The Morgan fingerprint density at radius 1 is 1.36 bits per heavy atom. The minimum Gasteiger partial charge on any atom is -0.351 e. The van der Waals surface area contributed by atoms with Crippen molar-refractivity contribution in [2.75, 3.05) is 24.7 Å². The van der Waals surface area contributed by atoms with Crippen LogP contribution in [0.25, 0.3) is 10.6 Å². The number of piperidine rings is 1. The van der Waals surface area contributed by atoms with Gasteiger partial charge in [0.25, 0.3) is 5.91 Å². The quantitative estimate of drug-likeness (QED) is 0.724. The van der Waals surface area contributed by atoms with Crippen LogP contribution in [0.15, 0.2) is 12.3 Å². The van der Waals surface area contributed by atoms with E-state index in [0.717, 1.165) is 43.5 Å². The normalized spacial score (nSPS) is 18.2. The molecule has 1 saturated heterocycles. The number of hydrogen-bond donors (Lipinski definition) is 2. The third kappa shape index (κ3) is 3.83. The maximum absolute atomic E-state index is 13.5. The first-order valence-electron chi connectivity index (χ1n) is 8.76. The summed E-state index contributed by atoms with van der Waals surface area (Å²) in [6.45, 7) is 2.13. The van der Waals surface area contributed by atoms with E-state index in [0.29, 0.717) is 21.9 Å². The van der Waals surface area contributed by atoms with Crippen LogP contribution in [0.4, 0.5) is 19.1 Å². The molecule has 150 valence electrons. The molecule has 0 saturated carbocycles. The Morgan fingerprint density at radius 3 is 2.75 bits per heavy atom. The fourth-order valence-corrected chi connectivity index (χ4v) is 5.01. The summed E-state index contributed by atoms with van der Waals surface area (Å²) in [5.74, 6) is -0.0728. The Kier molecular flexibility index (Phi) is 5.23. The lowest BCUT2D eigenvalue weighted by atomic mass is 10.1. The van der Waals surface area contributed by atoms with E-state index in [4.69, 9.17) is 0 Å². The molecule has 0 atom stereocenters. The van der Waals surface area contributed by atoms with Gasteiger partial charge in [-0.25, -0.2) is 9.97 Å². The molecular weight excluding hydrogens is 411 g/mol. The van der Waals surface area contributed by atoms with Crippen LogP contribution in [0.5, 0.6) is 0 Å². The van der Waals surface area contributed by atoms with Crippen molar-refractivity contribution in [1.29, 1.82) is 0 Å². The molecule has 6 nitrogen and oxygen atoms in total. The molecule has 0 aliphatic carbocycles. The van der Waals surface area contributed by atoms with Crippen molar-refractivity contribution in [3.63, 3.8) is 0 Å². The summed E-state index contributed by atoms with van der Waals surface area (Å²) in [7, 11) is 0. The summed E-state index contributed by atoms with van der Waals surface area (Å²) in [6.07, 6.45) is 0.0144. The highest BCUT2D eigenvalue weighted by Gasteiger charge is 2.37. The number of thiophene rings is 1. The number of alkyl halides is 3. The summed E-state index contributed by atoms with van der Waals surface area (Å²) < 4.78 is 42.8. The molecule has 0 unspecified atom stereocenters. The maximum Gasteiger partial charge on any atom is 0.420 e. The predicted octanol–water partition coefficient (Wildman–Crippen LogP) is 3.62. The Hall–Kier alpha value is -1.85. The molecule has 0 spiro atoms. The first kappa shape index (κ1) is 19.5. The molecule has 1 amide bonds. The van der Waals surface area contributed by atoms with E-state index >= 15 is 0 Å². The van der Waals surface area contributed by atoms with Crippen molar-refractivity contribution < 1.29 is 18.0 Å². The van der Waals surface area contributed by atoms with Crippen molar-refractivity contribution in [1.82, 2.24) is 19.6 Å². The number of carbonyl (C=O) groups is 1. The first-order chi connectivity index (χ1) is 13.3. The molecule has 0 aromatic carbocycles. The van der Waals surface area contributed by atoms with E-state index in [-0.39, 0.29) is 23.6 Å².